The van der Waals surface area contributed by atoms with Crippen LogP contribution in [0.2, 0.25) is 0 Å². The number of nitrogens with zero attached hydrogens (tertiary/aromatic N) is 5. The number of hydrogen-bond donors (Lipinski definition) is 0. The highest BCUT2D eigenvalue weighted by Gasteiger charge is 2.29. The normalized spacial score (nSPS) is 13.8. The molecular formula is C34H31F2N5O3. The number of carbonyl (C=O) groups excluding carboxylic acids is 1. The van der Waals surface area contributed by atoms with Gasteiger partial charge in [-0.2, -0.15) is 4.98 Å². The van der Waals surface area contributed by atoms with Crippen LogP contribution in [0, 0.1) is 18.6 Å². The van der Waals surface area contributed by atoms with Crippen LogP contribution < -0.4 is 10.6 Å². The molecule has 0 N–H and O–H groups in total. The minimum Gasteiger partial charge on any atom is -0.462 e. The van der Waals surface area contributed by atoms with Gasteiger partial charge < -0.3 is 9.64 Å². The molecule has 0 amide bonds. The molecule has 6 rings (SSSR count). The van der Waals surface area contributed by atoms with Crippen molar-refractivity contribution < 1.29 is 18.3 Å². The van der Waals surface area contributed by atoms with Crippen LogP contribution in [0.1, 0.15) is 28.5 Å². The van der Waals surface area contributed by atoms with Gasteiger partial charge in [0.15, 0.2) is 5.65 Å². The number of para-hydroxylation sites is 1. The first-order chi connectivity index (χ1) is 21.4. The maximum absolute atomic E-state index is 14.4. The van der Waals surface area contributed by atoms with Crippen LogP contribution in [0.25, 0.3) is 27.8 Å². The quantitative estimate of drug-likeness (QED) is 0.229. The summed E-state index contributed by atoms with van der Waals surface area (Å²) < 4.78 is 35.1. The molecule has 0 radical (unpaired) electrons. The van der Waals surface area contributed by atoms with Gasteiger partial charge in [0.25, 0.3) is 0 Å². The number of fused-ring (bicyclic) bond motifs is 1. The van der Waals surface area contributed by atoms with E-state index in [1.54, 1.807) is 13.8 Å². The Morgan fingerprint density at radius 1 is 0.909 bits per heavy atom. The van der Waals surface area contributed by atoms with E-state index >= 15 is 0 Å². The van der Waals surface area contributed by atoms with Crippen LogP contribution in [-0.4, -0.2) is 58.2 Å². The van der Waals surface area contributed by atoms with Crippen molar-refractivity contribution in [2.75, 3.05) is 37.7 Å². The molecule has 3 aromatic carbocycles. The van der Waals surface area contributed by atoms with Gasteiger partial charge in [-0.25, -0.2) is 27.9 Å². The van der Waals surface area contributed by atoms with E-state index in [2.05, 4.69) is 4.98 Å². The number of pyridine rings is 1. The number of benzene rings is 3. The summed E-state index contributed by atoms with van der Waals surface area (Å²) in [6.07, 6.45) is 0. The highest BCUT2D eigenvalue weighted by molar-refractivity contribution is 6.11. The molecule has 5 aromatic rings. The lowest BCUT2D eigenvalue weighted by molar-refractivity contribution is 0.0526. The molecule has 0 aliphatic carbocycles. The molecular weight excluding hydrogens is 564 g/mol. The van der Waals surface area contributed by atoms with Crippen molar-refractivity contribution in [1.29, 1.82) is 0 Å². The summed E-state index contributed by atoms with van der Waals surface area (Å²) in [5, 5.41) is 0.554. The summed E-state index contributed by atoms with van der Waals surface area (Å²) in [5.74, 6) is -1.04. The van der Waals surface area contributed by atoms with Crippen LogP contribution in [0.4, 0.5) is 14.6 Å². The largest absolute Gasteiger partial charge is 0.462 e. The molecule has 224 valence electrons. The number of carbonyl (C=O) groups is 1. The number of aryl methyl sites for hydroxylation is 1. The number of anilines is 1. The minimum atomic E-state index is -0.511. The van der Waals surface area contributed by atoms with Crippen LogP contribution >= 0.6 is 0 Å². The zero-order chi connectivity index (χ0) is 30.8. The molecule has 2 aromatic heterocycles. The molecule has 44 heavy (non-hydrogen) atoms. The number of piperazine rings is 1. The Kier molecular flexibility index (Phi) is 8.17. The highest BCUT2D eigenvalue weighted by atomic mass is 19.1. The number of esters is 1. The smallest absolute Gasteiger partial charge is 0.355 e. The highest BCUT2D eigenvalue weighted by Crippen LogP contribution is 2.38. The first-order valence-corrected chi connectivity index (χ1v) is 14.5. The number of rotatable bonds is 7. The second kappa shape index (κ2) is 12.3. The average Bonchev–Trinajstić information content (AvgIpc) is 3.03. The number of ether oxygens (including phenoxy) is 1. The van der Waals surface area contributed by atoms with Gasteiger partial charge in [-0.15, -0.1) is 0 Å². The van der Waals surface area contributed by atoms with Crippen LogP contribution in [0.3, 0.4) is 0 Å². The van der Waals surface area contributed by atoms with E-state index in [4.69, 9.17) is 9.72 Å². The van der Waals surface area contributed by atoms with E-state index in [1.165, 1.54) is 10.6 Å². The Hall–Kier alpha value is -4.96. The maximum Gasteiger partial charge on any atom is 0.355 e. The molecule has 1 saturated heterocycles. The summed E-state index contributed by atoms with van der Waals surface area (Å²) in [6, 6.07) is 22.1. The Morgan fingerprint density at radius 3 is 2.27 bits per heavy atom. The Labute approximate surface area is 253 Å². The minimum absolute atomic E-state index is 0.188. The summed E-state index contributed by atoms with van der Waals surface area (Å²) in [7, 11) is 0. The molecule has 1 aliphatic rings. The zero-order valence-corrected chi connectivity index (χ0v) is 24.5. The predicted octanol–water partition coefficient (Wildman–Crippen LogP) is 5.53. The molecule has 0 bridgehead atoms. The summed E-state index contributed by atoms with van der Waals surface area (Å²) in [6.45, 7) is 5.89. The van der Waals surface area contributed by atoms with Crippen LogP contribution in [0.15, 0.2) is 83.7 Å². The molecule has 0 saturated carbocycles. The van der Waals surface area contributed by atoms with Gasteiger partial charge in [0.05, 0.1) is 28.9 Å². The van der Waals surface area contributed by atoms with E-state index in [0.717, 1.165) is 17.7 Å². The SMILES string of the molecule is CCOC(=O)c1c(C)nc2c(c(N3CCN(Cc4cc(F)ccc4F)CC3)nc(=O)n2-c2ccccc2)c1-c1ccccc1. The van der Waals surface area contributed by atoms with Crippen molar-refractivity contribution in [1.82, 2.24) is 19.4 Å². The molecule has 0 spiro atoms. The molecule has 1 aliphatic heterocycles. The molecule has 10 heteroatoms. The van der Waals surface area contributed by atoms with Crippen LogP contribution in [-0.2, 0) is 11.3 Å². The Bertz CT molecular complexity index is 1890. The van der Waals surface area contributed by atoms with Gasteiger partial charge in [0.1, 0.15) is 17.5 Å². The molecule has 0 atom stereocenters. The van der Waals surface area contributed by atoms with Crippen molar-refractivity contribution >= 4 is 22.8 Å². The third kappa shape index (κ3) is 5.56. The maximum atomic E-state index is 14.4. The molecule has 1 fully saturated rings. The van der Waals surface area contributed by atoms with Gasteiger partial charge in [0.2, 0.25) is 0 Å². The lowest BCUT2D eigenvalue weighted by Gasteiger charge is -2.36. The third-order valence-electron chi connectivity index (χ3n) is 7.82. The van der Waals surface area contributed by atoms with Crippen molar-refractivity contribution in [2.45, 2.75) is 20.4 Å². The fourth-order valence-corrected chi connectivity index (χ4v) is 5.76. The van der Waals surface area contributed by atoms with E-state index in [9.17, 15) is 18.4 Å². The standard InChI is InChI=1S/C34H31F2N5O3/c1-3-44-33(42)28-22(2)37-32-30(29(28)23-10-6-4-7-11-23)31(38-34(43)41(32)26-12-8-5-9-13-26)40-18-16-39(17-19-40)21-24-20-25(35)14-15-27(24)36/h4-15,20H,3,16-19,21H2,1-2H3. The lowest BCUT2D eigenvalue weighted by atomic mass is 9.95. The Balaban J connectivity index is 1.53. The van der Waals surface area contributed by atoms with E-state index < -0.39 is 23.3 Å². The van der Waals surface area contributed by atoms with Crippen molar-refractivity contribution in [3.8, 4) is 16.8 Å². The van der Waals surface area contributed by atoms with Crippen molar-refractivity contribution in [3.63, 3.8) is 0 Å². The lowest BCUT2D eigenvalue weighted by Crippen LogP contribution is -2.47. The monoisotopic (exact) mass is 595 g/mol. The number of hydrogen-bond acceptors (Lipinski definition) is 7. The topological polar surface area (TPSA) is 80.6 Å². The second-order valence-corrected chi connectivity index (χ2v) is 10.6. The average molecular weight is 596 g/mol. The fraction of sp³-hybridized carbons (Fsp3) is 0.235. The van der Waals surface area contributed by atoms with E-state index in [0.29, 0.717) is 65.5 Å². The Morgan fingerprint density at radius 2 is 1.59 bits per heavy atom. The van der Waals surface area contributed by atoms with Gasteiger partial charge in [-0.05, 0) is 49.7 Å². The molecule has 0 unspecified atom stereocenters. The van der Waals surface area contributed by atoms with Gasteiger partial charge >= 0.3 is 11.7 Å². The zero-order valence-electron chi connectivity index (χ0n) is 24.5. The first kappa shape index (κ1) is 29.1. The van der Waals surface area contributed by atoms with Crippen molar-refractivity contribution in [3.05, 3.63) is 118 Å². The number of halogens is 2. The molecule has 3 heterocycles. The fourth-order valence-electron chi connectivity index (χ4n) is 5.76. The van der Waals surface area contributed by atoms with Gasteiger partial charge in [-0.3, -0.25) is 4.90 Å². The van der Waals surface area contributed by atoms with E-state index in [1.807, 2.05) is 70.5 Å². The number of aromatic nitrogens is 3. The van der Waals surface area contributed by atoms with Gasteiger partial charge in [-0.1, -0.05) is 48.5 Å². The predicted molar refractivity (Wildman–Crippen MR) is 165 cm³/mol. The first-order valence-electron chi connectivity index (χ1n) is 14.5. The summed E-state index contributed by atoms with van der Waals surface area (Å²) in [5.41, 5.74) is 2.84. The summed E-state index contributed by atoms with van der Waals surface area (Å²) in [4.78, 5) is 40.7. The van der Waals surface area contributed by atoms with Crippen molar-refractivity contribution in [2.24, 2.45) is 0 Å². The molecule has 8 nitrogen and oxygen atoms in total. The van der Waals surface area contributed by atoms with E-state index in [-0.39, 0.29) is 18.7 Å². The van der Waals surface area contributed by atoms with Crippen LogP contribution in [0.5, 0.6) is 0 Å². The summed E-state index contributed by atoms with van der Waals surface area (Å²) >= 11 is 0. The second-order valence-electron chi connectivity index (χ2n) is 10.6. The third-order valence-corrected chi connectivity index (χ3v) is 7.82. The van der Waals surface area contributed by atoms with Gasteiger partial charge in [0, 0.05) is 43.9 Å².